The van der Waals surface area contributed by atoms with Gasteiger partial charge >= 0.3 is 0 Å². The molecule has 1 aliphatic heterocycles. The fourth-order valence-electron chi connectivity index (χ4n) is 2.82. The number of hydrogen-bond donors (Lipinski definition) is 1. The summed E-state index contributed by atoms with van der Waals surface area (Å²) in [5, 5.41) is 5.65. The topological polar surface area (TPSA) is 32.6 Å². The molecule has 0 saturated carbocycles. The fourth-order valence-corrected chi connectivity index (χ4v) is 4.66. The van der Waals surface area contributed by atoms with Crippen molar-refractivity contribution in [1.29, 1.82) is 0 Å². The average molecular weight is 325 g/mol. The van der Waals surface area contributed by atoms with Crippen LogP contribution in [0.5, 0.6) is 0 Å². The SMILES string of the molecule is CCCNCc1c(N2CCSC(C)(C)C2)nc2sccn12. The highest BCUT2D eigenvalue weighted by atomic mass is 32.2. The number of fused-ring (bicyclic) bond motifs is 1. The van der Waals surface area contributed by atoms with Crippen LogP contribution in [0.1, 0.15) is 32.9 Å². The van der Waals surface area contributed by atoms with Gasteiger partial charge in [0.1, 0.15) is 0 Å². The Morgan fingerprint density at radius 2 is 2.29 bits per heavy atom. The Morgan fingerprint density at radius 1 is 1.43 bits per heavy atom. The molecule has 4 nitrogen and oxygen atoms in total. The summed E-state index contributed by atoms with van der Waals surface area (Å²) in [7, 11) is 0. The molecule has 1 saturated heterocycles. The zero-order valence-electron chi connectivity index (χ0n) is 13.1. The number of hydrogen-bond acceptors (Lipinski definition) is 5. The van der Waals surface area contributed by atoms with E-state index in [0.29, 0.717) is 4.75 Å². The monoisotopic (exact) mass is 324 g/mol. The molecule has 0 aromatic carbocycles. The van der Waals surface area contributed by atoms with Crippen molar-refractivity contribution in [2.75, 3.05) is 30.3 Å². The lowest BCUT2D eigenvalue weighted by atomic mass is 10.2. The van der Waals surface area contributed by atoms with E-state index in [4.69, 9.17) is 4.98 Å². The van der Waals surface area contributed by atoms with Crippen LogP contribution in [-0.4, -0.2) is 39.5 Å². The fraction of sp³-hybridized carbons (Fsp3) is 0.667. The molecule has 0 unspecified atom stereocenters. The summed E-state index contributed by atoms with van der Waals surface area (Å²) < 4.78 is 2.56. The molecule has 0 amide bonds. The van der Waals surface area contributed by atoms with E-state index < -0.39 is 0 Å². The van der Waals surface area contributed by atoms with Gasteiger partial charge in [-0.25, -0.2) is 4.98 Å². The van der Waals surface area contributed by atoms with Crippen molar-refractivity contribution in [3.63, 3.8) is 0 Å². The number of nitrogens with one attached hydrogen (secondary N) is 1. The average Bonchev–Trinajstić information content (AvgIpc) is 3.00. The molecule has 116 valence electrons. The van der Waals surface area contributed by atoms with E-state index in [-0.39, 0.29) is 0 Å². The summed E-state index contributed by atoms with van der Waals surface area (Å²) in [6, 6.07) is 0. The Morgan fingerprint density at radius 3 is 3.05 bits per heavy atom. The van der Waals surface area contributed by atoms with Crippen molar-refractivity contribution in [3.05, 3.63) is 17.3 Å². The number of imidazole rings is 1. The molecule has 21 heavy (non-hydrogen) atoms. The Kier molecular flexibility index (Phi) is 4.47. The van der Waals surface area contributed by atoms with Crippen LogP contribution in [0.3, 0.4) is 0 Å². The van der Waals surface area contributed by atoms with Crippen LogP contribution < -0.4 is 10.2 Å². The van der Waals surface area contributed by atoms with E-state index in [9.17, 15) is 0 Å². The van der Waals surface area contributed by atoms with E-state index in [1.54, 1.807) is 11.3 Å². The van der Waals surface area contributed by atoms with Gasteiger partial charge in [-0.05, 0) is 26.8 Å². The molecule has 3 heterocycles. The number of nitrogens with zero attached hydrogens (tertiary/aromatic N) is 3. The lowest BCUT2D eigenvalue weighted by Crippen LogP contribution is -2.43. The molecule has 1 fully saturated rings. The Hall–Kier alpha value is -0.720. The first-order valence-corrected chi connectivity index (χ1v) is 9.51. The molecule has 3 rings (SSSR count). The van der Waals surface area contributed by atoms with Crippen molar-refractivity contribution < 1.29 is 0 Å². The number of thioether (sulfide) groups is 1. The van der Waals surface area contributed by atoms with Gasteiger partial charge in [-0.15, -0.1) is 11.3 Å². The van der Waals surface area contributed by atoms with Gasteiger partial charge in [0.05, 0.1) is 5.69 Å². The Balaban J connectivity index is 1.89. The van der Waals surface area contributed by atoms with Crippen LogP contribution in [0.15, 0.2) is 11.6 Å². The van der Waals surface area contributed by atoms with E-state index in [2.05, 4.69) is 58.7 Å². The third-order valence-corrected chi connectivity index (χ3v) is 5.84. The predicted molar refractivity (Wildman–Crippen MR) is 93.8 cm³/mol. The molecule has 0 aliphatic carbocycles. The van der Waals surface area contributed by atoms with Crippen LogP contribution in [0.4, 0.5) is 5.82 Å². The zero-order chi connectivity index (χ0) is 14.9. The van der Waals surface area contributed by atoms with Crippen molar-refractivity contribution in [2.24, 2.45) is 0 Å². The number of rotatable bonds is 5. The van der Waals surface area contributed by atoms with Crippen LogP contribution in [0.25, 0.3) is 4.96 Å². The molecular formula is C15H24N4S2. The van der Waals surface area contributed by atoms with Crippen LogP contribution >= 0.6 is 23.1 Å². The Bertz CT molecular complexity index is 602. The smallest absolute Gasteiger partial charge is 0.195 e. The first-order chi connectivity index (χ1) is 10.1. The Labute approximate surface area is 134 Å². The maximum Gasteiger partial charge on any atom is 0.195 e. The van der Waals surface area contributed by atoms with Crippen LogP contribution in [-0.2, 0) is 6.54 Å². The summed E-state index contributed by atoms with van der Waals surface area (Å²) in [5.41, 5.74) is 1.31. The van der Waals surface area contributed by atoms with Crippen LogP contribution in [0, 0.1) is 0 Å². The van der Waals surface area contributed by atoms with Gasteiger partial charge in [-0.3, -0.25) is 4.40 Å². The third-order valence-electron chi connectivity index (χ3n) is 3.78. The second kappa shape index (κ2) is 6.18. The van der Waals surface area contributed by atoms with E-state index >= 15 is 0 Å². The first-order valence-electron chi connectivity index (χ1n) is 7.65. The van der Waals surface area contributed by atoms with Gasteiger partial charge in [0, 0.05) is 41.7 Å². The van der Waals surface area contributed by atoms with Crippen LogP contribution in [0.2, 0.25) is 0 Å². The molecular weight excluding hydrogens is 300 g/mol. The lowest BCUT2D eigenvalue weighted by molar-refractivity contribution is 0.629. The standard InChI is InChI=1S/C15H24N4S2/c1-4-5-16-10-12-13(17-14-19(12)7-8-20-14)18-6-9-21-15(2,3)11-18/h7-8,16H,4-6,9-11H2,1-3H3. The largest absolute Gasteiger partial charge is 0.353 e. The highest BCUT2D eigenvalue weighted by molar-refractivity contribution is 8.00. The number of aromatic nitrogens is 2. The molecule has 0 radical (unpaired) electrons. The van der Waals surface area contributed by atoms with Crippen molar-refractivity contribution in [2.45, 2.75) is 38.5 Å². The van der Waals surface area contributed by atoms with Gasteiger partial charge < -0.3 is 10.2 Å². The summed E-state index contributed by atoms with van der Waals surface area (Å²) in [6.45, 7) is 11.0. The summed E-state index contributed by atoms with van der Waals surface area (Å²) in [4.78, 5) is 8.48. The van der Waals surface area contributed by atoms with Gasteiger partial charge in [0.25, 0.3) is 0 Å². The highest BCUT2D eigenvalue weighted by Gasteiger charge is 2.30. The molecule has 0 bridgehead atoms. The number of anilines is 1. The molecule has 6 heteroatoms. The molecule has 0 atom stereocenters. The molecule has 1 aliphatic rings. The molecule has 2 aromatic rings. The zero-order valence-corrected chi connectivity index (χ0v) is 14.7. The van der Waals surface area contributed by atoms with Crippen molar-refractivity contribution in [1.82, 2.24) is 14.7 Å². The summed E-state index contributed by atoms with van der Waals surface area (Å²) in [6.07, 6.45) is 3.30. The van der Waals surface area contributed by atoms with Gasteiger partial charge in [0.2, 0.25) is 0 Å². The molecule has 1 N–H and O–H groups in total. The van der Waals surface area contributed by atoms with Crippen molar-refractivity contribution >= 4 is 33.9 Å². The third kappa shape index (κ3) is 3.22. The van der Waals surface area contributed by atoms with E-state index in [1.165, 1.54) is 17.3 Å². The van der Waals surface area contributed by atoms with Gasteiger partial charge in [-0.2, -0.15) is 11.8 Å². The first kappa shape index (κ1) is 15.2. The van der Waals surface area contributed by atoms with Gasteiger partial charge in [0.15, 0.2) is 10.8 Å². The quantitative estimate of drug-likeness (QED) is 0.856. The number of thiazole rings is 1. The normalized spacial score (nSPS) is 18.5. The molecule has 0 spiro atoms. The van der Waals surface area contributed by atoms with Gasteiger partial charge in [-0.1, -0.05) is 6.92 Å². The second-order valence-electron chi connectivity index (χ2n) is 6.14. The minimum Gasteiger partial charge on any atom is -0.353 e. The van der Waals surface area contributed by atoms with E-state index in [1.807, 2.05) is 0 Å². The predicted octanol–water partition coefficient (Wildman–Crippen LogP) is 3.23. The minimum atomic E-state index is 0.309. The molecule has 2 aromatic heterocycles. The highest BCUT2D eigenvalue weighted by Crippen LogP contribution is 2.34. The van der Waals surface area contributed by atoms with E-state index in [0.717, 1.165) is 37.6 Å². The lowest BCUT2D eigenvalue weighted by Gasteiger charge is -2.38. The maximum absolute atomic E-state index is 4.90. The maximum atomic E-state index is 4.90. The summed E-state index contributed by atoms with van der Waals surface area (Å²) in [5.74, 6) is 2.36. The summed E-state index contributed by atoms with van der Waals surface area (Å²) >= 11 is 3.78. The van der Waals surface area contributed by atoms with Crippen molar-refractivity contribution in [3.8, 4) is 0 Å². The second-order valence-corrected chi connectivity index (χ2v) is 8.82. The minimum absolute atomic E-state index is 0.309.